The van der Waals surface area contributed by atoms with Gasteiger partial charge in [0, 0.05) is 18.3 Å². The van der Waals surface area contributed by atoms with Gasteiger partial charge >= 0.3 is 18.4 Å². The Hall–Kier alpha value is -2.71. The van der Waals surface area contributed by atoms with Crippen LogP contribution in [0.15, 0.2) is 58.9 Å². The van der Waals surface area contributed by atoms with Crippen molar-refractivity contribution in [3.05, 3.63) is 60.0 Å². The van der Waals surface area contributed by atoms with Crippen LogP contribution >= 0.6 is 0 Å². The van der Waals surface area contributed by atoms with E-state index in [0.29, 0.717) is 5.56 Å². The van der Waals surface area contributed by atoms with Crippen molar-refractivity contribution in [1.29, 1.82) is 0 Å². The maximum atomic E-state index is 12.7. The van der Waals surface area contributed by atoms with Gasteiger partial charge in [-0.05, 0) is 12.1 Å². The molecule has 3 nitrogen and oxygen atoms in total. The number of hydrogen-bond acceptors (Lipinski definition) is 3. The van der Waals surface area contributed by atoms with Crippen molar-refractivity contribution in [2.45, 2.75) is 12.4 Å². The fourth-order valence-corrected chi connectivity index (χ4v) is 2.22. The van der Waals surface area contributed by atoms with Crippen molar-refractivity contribution in [1.82, 2.24) is 4.98 Å². The normalized spacial score (nSPS) is 15.4. The molecule has 3 rings (SSSR count). The molecule has 1 aromatic carbocycles. The monoisotopic (exact) mass is 360 g/mol. The van der Waals surface area contributed by atoms with Crippen LogP contribution in [0.25, 0.3) is 11.3 Å². The van der Waals surface area contributed by atoms with Gasteiger partial charge in [0.25, 0.3) is 0 Å². The number of halogens is 6. The van der Waals surface area contributed by atoms with Gasteiger partial charge in [0.05, 0.1) is 11.1 Å². The number of anilines is 1. The van der Waals surface area contributed by atoms with E-state index in [0.717, 1.165) is 29.3 Å². The average Bonchev–Trinajstić information content (AvgIpc) is 3.03. The maximum Gasteiger partial charge on any atom is 0.417 e. The number of nitrogens with zero attached hydrogens (tertiary/aromatic N) is 2. The van der Waals surface area contributed by atoms with Gasteiger partial charge in [-0.2, -0.15) is 31.3 Å². The molecule has 0 bridgehead atoms. The van der Waals surface area contributed by atoms with E-state index < -0.39 is 23.5 Å². The van der Waals surface area contributed by atoms with E-state index >= 15 is 0 Å². The Morgan fingerprint density at radius 1 is 0.960 bits per heavy atom. The van der Waals surface area contributed by atoms with Gasteiger partial charge in [-0.1, -0.05) is 24.3 Å². The molecule has 9 heteroatoms. The zero-order chi connectivity index (χ0) is 18.2. The summed E-state index contributed by atoms with van der Waals surface area (Å²) in [6.45, 7) is 0.131. The van der Waals surface area contributed by atoms with E-state index in [4.69, 9.17) is 4.42 Å². The SMILES string of the molecule is FC(F)(F)C1=CN(c2nc(-c3ccc(C(F)(F)F)cc3)co2)CC=C1. The molecule has 25 heavy (non-hydrogen) atoms. The molecule has 1 aliphatic heterocycles. The molecule has 0 unspecified atom stereocenters. The molecule has 0 saturated carbocycles. The third kappa shape index (κ3) is 3.70. The molecule has 0 amide bonds. The largest absolute Gasteiger partial charge is 0.431 e. The van der Waals surface area contributed by atoms with Crippen LogP contribution in [0, 0.1) is 0 Å². The van der Waals surface area contributed by atoms with Gasteiger partial charge in [0.15, 0.2) is 0 Å². The highest BCUT2D eigenvalue weighted by Gasteiger charge is 2.34. The van der Waals surface area contributed by atoms with E-state index in [1.165, 1.54) is 24.5 Å². The van der Waals surface area contributed by atoms with E-state index in [1.54, 1.807) is 0 Å². The Kier molecular flexibility index (Phi) is 4.09. The standard InChI is InChI=1S/C16H10F6N2O/c17-15(18,19)11-5-3-10(4-6-11)13-9-25-14(23-13)24-7-1-2-12(8-24)16(20,21)22/h1-6,8-9H,7H2. The van der Waals surface area contributed by atoms with E-state index in [9.17, 15) is 26.3 Å². The second-order valence-corrected chi connectivity index (χ2v) is 5.23. The molecule has 0 atom stereocenters. The molecule has 0 N–H and O–H groups in total. The lowest BCUT2D eigenvalue weighted by Gasteiger charge is -2.20. The molecule has 1 aliphatic rings. The van der Waals surface area contributed by atoms with Gasteiger partial charge in [0.1, 0.15) is 12.0 Å². The lowest BCUT2D eigenvalue weighted by atomic mass is 10.1. The Morgan fingerprint density at radius 2 is 1.64 bits per heavy atom. The molecule has 0 radical (unpaired) electrons. The summed E-state index contributed by atoms with van der Waals surface area (Å²) in [5.74, 6) is 0. The van der Waals surface area contributed by atoms with Crippen LogP contribution in [0.2, 0.25) is 0 Å². The predicted molar refractivity (Wildman–Crippen MR) is 77.6 cm³/mol. The predicted octanol–water partition coefficient (Wildman–Crippen LogP) is 5.18. The third-order valence-electron chi connectivity index (χ3n) is 3.47. The van der Waals surface area contributed by atoms with Crippen LogP contribution in [0.5, 0.6) is 0 Å². The molecular formula is C16H10F6N2O. The molecular weight excluding hydrogens is 350 g/mol. The second kappa shape index (κ2) is 5.98. The summed E-state index contributed by atoms with van der Waals surface area (Å²) in [6, 6.07) is 4.15. The fourth-order valence-electron chi connectivity index (χ4n) is 2.22. The zero-order valence-electron chi connectivity index (χ0n) is 12.4. The lowest BCUT2D eigenvalue weighted by molar-refractivity contribution is -0.137. The van der Waals surface area contributed by atoms with Crippen molar-refractivity contribution < 1.29 is 30.8 Å². The van der Waals surface area contributed by atoms with E-state index in [-0.39, 0.29) is 18.3 Å². The molecule has 2 heterocycles. The van der Waals surface area contributed by atoms with Crippen LogP contribution in [-0.2, 0) is 6.18 Å². The molecule has 0 saturated heterocycles. The molecule has 0 spiro atoms. The first-order chi connectivity index (χ1) is 11.6. The van der Waals surface area contributed by atoms with Gasteiger partial charge in [-0.25, -0.2) is 0 Å². The minimum absolute atomic E-state index is 0.0824. The summed E-state index contributed by atoms with van der Waals surface area (Å²) >= 11 is 0. The summed E-state index contributed by atoms with van der Waals surface area (Å²) in [4.78, 5) is 5.21. The Bertz CT molecular complexity index is 814. The summed E-state index contributed by atoms with van der Waals surface area (Å²) < 4.78 is 81.1. The lowest BCUT2D eigenvalue weighted by Crippen LogP contribution is -2.24. The average molecular weight is 360 g/mol. The zero-order valence-corrected chi connectivity index (χ0v) is 12.4. The first kappa shape index (κ1) is 17.1. The highest BCUT2D eigenvalue weighted by atomic mass is 19.4. The second-order valence-electron chi connectivity index (χ2n) is 5.23. The van der Waals surface area contributed by atoms with E-state index in [2.05, 4.69) is 4.98 Å². The van der Waals surface area contributed by atoms with Gasteiger partial charge in [0.2, 0.25) is 0 Å². The van der Waals surface area contributed by atoms with Gasteiger partial charge in [-0.3, -0.25) is 4.90 Å². The Labute approximate surface area is 137 Å². The molecule has 0 aliphatic carbocycles. The first-order valence-electron chi connectivity index (χ1n) is 7.00. The maximum absolute atomic E-state index is 12.7. The van der Waals surface area contributed by atoms with Crippen molar-refractivity contribution in [3.63, 3.8) is 0 Å². The number of oxazole rings is 1. The first-order valence-corrected chi connectivity index (χ1v) is 7.00. The van der Waals surface area contributed by atoms with Crippen LogP contribution in [0.4, 0.5) is 32.4 Å². The van der Waals surface area contributed by atoms with Crippen LogP contribution in [0.1, 0.15) is 5.56 Å². The molecule has 1 aromatic heterocycles. The van der Waals surface area contributed by atoms with Crippen molar-refractivity contribution >= 4 is 6.01 Å². The summed E-state index contributed by atoms with van der Waals surface area (Å²) in [7, 11) is 0. The summed E-state index contributed by atoms with van der Waals surface area (Å²) in [6.07, 6.45) is -4.65. The van der Waals surface area contributed by atoms with Crippen molar-refractivity contribution in [2.75, 3.05) is 11.4 Å². The van der Waals surface area contributed by atoms with Crippen molar-refractivity contribution in [2.24, 2.45) is 0 Å². The van der Waals surface area contributed by atoms with Gasteiger partial charge in [-0.15, -0.1) is 0 Å². The van der Waals surface area contributed by atoms with E-state index in [1.807, 2.05) is 0 Å². The summed E-state index contributed by atoms with van der Waals surface area (Å²) in [5, 5.41) is 0. The van der Waals surface area contributed by atoms with Crippen LogP contribution in [-0.4, -0.2) is 17.7 Å². The minimum atomic E-state index is -4.50. The van der Waals surface area contributed by atoms with Gasteiger partial charge < -0.3 is 4.42 Å². The number of benzene rings is 1. The Balaban J connectivity index is 1.83. The van der Waals surface area contributed by atoms with Crippen LogP contribution in [0.3, 0.4) is 0 Å². The Morgan fingerprint density at radius 3 is 2.24 bits per heavy atom. The third-order valence-corrected chi connectivity index (χ3v) is 3.47. The van der Waals surface area contributed by atoms with Crippen LogP contribution < -0.4 is 4.90 Å². The molecule has 0 fully saturated rings. The fraction of sp³-hybridized carbons (Fsp3) is 0.188. The quantitative estimate of drug-likeness (QED) is 0.691. The number of alkyl halides is 6. The van der Waals surface area contributed by atoms with Crippen molar-refractivity contribution in [3.8, 4) is 11.3 Å². The molecule has 2 aromatic rings. The number of hydrogen-bond donors (Lipinski definition) is 0. The topological polar surface area (TPSA) is 29.3 Å². The number of allylic oxidation sites excluding steroid dienone is 2. The highest BCUT2D eigenvalue weighted by Crippen LogP contribution is 2.33. The number of rotatable bonds is 2. The highest BCUT2D eigenvalue weighted by molar-refractivity contribution is 5.60. The minimum Gasteiger partial charge on any atom is -0.431 e. The summed E-state index contributed by atoms with van der Waals surface area (Å²) in [5.41, 5.74) is -1.08. The molecule has 132 valence electrons. The smallest absolute Gasteiger partial charge is 0.417 e. The number of aromatic nitrogens is 1.